The van der Waals surface area contributed by atoms with Gasteiger partial charge in [0.2, 0.25) is 19.7 Å². The maximum absolute atomic E-state index is 13.6. The number of nitrogens with one attached hydrogen (secondary N) is 2. The summed E-state index contributed by atoms with van der Waals surface area (Å²) in [5.41, 5.74) is 1.62. The van der Waals surface area contributed by atoms with Crippen molar-refractivity contribution < 1.29 is 21.6 Å². The van der Waals surface area contributed by atoms with Crippen LogP contribution in [-0.4, -0.2) is 34.4 Å². The molecule has 0 aliphatic heterocycles. The molecule has 0 saturated carbocycles. The Hall–Kier alpha value is -2.95. The van der Waals surface area contributed by atoms with Crippen LogP contribution in [0.3, 0.4) is 0 Å². The lowest BCUT2D eigenvalue weighted by Crippen LogP contribution is -2.37. The first-order valence-electron chi connectivity index (χ1n) is 10.5. The molecule has 0 bridgehead atoms. The highest BCUT2D eigenvalue weighted by Crippen LogP contribution is 2.36. The summed E-state index contributed by atoms with van der Waals surface area (Å²) in [4.78, 5) is 14.9. The number of nitrogens with zero attached hydrogens (tertiary/aromatic N) is 1. The van der Waals surface area contributed by atoms with E-state index in [1.807, 2.05) is 6.92 Å². The van der Waals surface area contributed by atoms with E-state index in [4.69, 9.17) is 11.6 Å². The summed E-state index contributed by atoms with van der Waals surface area (Å²) in [5, 5.41) is 5.37. The average molecular weight is 520 g/mol. The molecule has 1 aliphatic rings. The molecule has 3 aromatic rings. The largest absolute Gasteiger partial charge is 0.338 e. The molecule has 1 aliphatic carbocycles. The molecule has 178 valence electrons. The minimum absolute atomic E-state index is 0.0373. The molecular weight excluding hydrogens is 498 g/mol. The first-order valence-corrected chi connectivity index (χ1v) is 13.9. The molecule has 34 heavy (non-hydrogen) atoms. The van der Waals surface area contributed by atoms with Crippen LogP contribution in [0.25, 0.3) is 0 Å². The van der Waals surface area contributed by atoms with Gasteiger partial charge in [-0.1, -0.05) is 23.7 Å². The van der Waals surface area contributed by atoms with Gasteiger partial charge in [-0.15, -0.1) is 0 Å². The predicted molar refractivity (Wildman–Crippen MR) is 126 cm³/mol. The quantitative estimate of drug-likeness (QED) is 0.512. The fourth-order valence-corrected chi connectivity index (χ4v) is 7.50. The molecule has 1 heterocycles. The highest BCUT2D eigenvalue weighted by molar-refractivity contribution is 7.94. The van der Waals surface area contributed by atoms with Crippen molar-refractivity contribution in [2.24, 2.45) is 0 Å². The predicted octanol–water partition coefficient (Wildman–Crippen LogP) is 3.71. The number of fused-ring (bicyclic) bond motifs is 1. The second-order valence-corrected chi connectivity index (χ2v) is 11.9. The Kier molecular flexibility index (Phi) is 6.66. The summed E-state index contributed by atoms with van der Waals surface area (Å²) in [6.45, 7) is 2.31. The van der Waals surface area contributed by atoms with Crippen LogP contribution in [-0.2, 0) is 26.1 Å². The molecule has 0 radical (unpaired) electrons. The number of urea groups is 1. The lowest BCUT2D eigenvalue weighted by Gasteiger charge is -2.15. The number of hydrogen-bond donors (Lipinski definition) is 2. The van der Waals surface area contributed by atoms with Crippen LogP contribution < -0.4 is 10.6 Å². The van der Waals surface area contributed by atoms with Gasteiger partial charge in [-0.25, -0.2) is 26.6 Å². The van der Waals surface area contributed by atoms with Gasteiger partial charge in [0.25, 0.3) is 0 Å². The molecular formula is C23H22ClN3O5S2. The number of aryl methyl sites for hydroxylation is 1. The zero-order valence-corrected chi connectivity index (χ0v) is 20.5. The molecule has 1 unspecified atom stereocenters. The summed E-state index contributed by atoms with van der Waals surface area (Å²) in [7, 11) is -8.47. The van der Waals surface area contributed by atoms with E-state index in [1.165, 1.54) is 42.6 Å². The van der Waals surface area contributed by atoms with E-state index in [-0.39, 0.29) is 31.9 Å². The third kappa shape index (κ3) is 4.53. The summed E-state index contributed by atoms with van der Waals surface area (Å²) in [6, 6.07) is 12.1. The number of pyridine rings is 1. The van der Waals surface area contributed by atoms with Gasteiger partial charge in [-0.2, -0.15) is 0 Å². The number of rotatable bonds is 6. The van der Waals surface area contributed by atoms with Crippen molar-refractivity contribution in [2.45, 2.75) is 45.5 Å². The van der Waals surface area contributed by atoms with Gasteiger partial charge in [-0.3, -0.25) is 0 Å². The Morgan fingerprint density at radius 3 is 2.53 bits per heavy atom. The molecule has 0 fully saturated rings. The van der Waals surface area contributed by atoms with Crippen molar-refractivity contribution in [1.82, 2.24) is 15.6 Å². The van der Waals surface area contributed by atoms with Crippen molar-refractivity contribution in [3.8, 4) is 0 Å². The van der Waals surface area contributed by atoms with Gasteiger partial charge in [0.05, 0.1) is 20.7 Å². The third-order valence-electron chi connectivity index (χ3n) is 5.54. The highest BCUT2D eigenvalue weighted by Gasteiger charge is 2.32. The Morgan fingerprint density at radius 1 is 1.03 bits per heavy atom. The van der Waals surface area contributed by atoms with E-state index >= 15 is 0 Å². The molecule has 8 nitrogen and oxygen atoms in total. The van der Waals surface area contributed by atoms with Gasteiger partial charge in [0.15, 0.2) is 5.03 Å². The molecule has 2 aromatic carbocycles. The number of aromatic nitrogens is 1. The van der Waals surface area contributed by atoms with Crippen LogP contribution in [0.5, 0.6) is 0 Å². The van der Waals surface area contributed by atoms with E-state index in [9.17, 15) is 21.6 Å². The van der Waals surface area contributed by atoms with Crippen LogP contribution in [0.1, 0.15) is 30.5 Å². The Balaban J connectivity index is 1.75. The normalized spacial score (nSPS) is 15.5. The minimum Gasteiger partial charge on any atom is -0.338 e. The van der Waals surface area contributed by atoms with Crippen molar-refractivity contribution >= 4 is 37.3 Å². The van der Waals surface area contributed by atoms with Crippen molar-refractivity contribution in [3.63, 3.8) is 0 Å². The lowest BCUT2D eigenvalue weighted by atomic mass is 10.1. The van der Waals surface area contributed by atoms with E-state index in [1.54, 1.807) is 12.1 Å². The number of halogens is 1. The van der Waals surface area contributed by atoms with Gasteiger partial charge in [0, 0.05) is 17.8 Å². The van der Waals surface area contributed by atoms with Gasteiger partial charge < -0.3 is 10.6 Å². The first-order chi connectivity index (χ1) is 16.1. The highest BCUT2D eigenvalue weighted by atomic mass is 35.5. The number of benzene rings is 2. The van der Waals surface area contributed by atoms with Crippen molar-refractivity contribution in [1.29, 1.82) is 0 Å². The fraction of sp³-hybridized carbons (Fsp3) is 0.217. The van der Waals surface area contributed by atoms with Gasteiger partial charge in [-0.05, 0) is 73.4 Å². The van der Waals surface area contributed by atoms with Gasteiger partial charge in [0.1, 0.15) is 0 Å². The standard InChI is InChI=1S/C23H22ClN3O5S2/c1-2-25-23(28)27-19-10-6-15-13-17(8-9-18(15)19)33(29,30)20-11-7-16(24)14-21(20)34(31,32)22-5-3-4-12-26-22/h3-5,7-9,11-14,19H,2,6,10H2,1H3,(H2,25,27,28). The van der Waals surface area contributed by atoms with Crippen LogP contribution in [0.4, 0.5) is 4.79 Å². The van der Waals surface area contributed by atoms with Gasteiger partial charge >= 0.3 is 6.03 Å². The van der Waals surface area contributed by atoms with Crippen molar-refractivity contribution in [3.05, 3.63) is 76.9 Å². The van der Waals surface area contributed by atoms with E-state index in [2.05, 4.69) is 15.6 Å². The molecule has 11 heteroatoms. The summed E-state index contributed by atoms with van der Waals surface area (Å²) in [5.74, 6) is 0. The fourth-order valence-electron chi connectivity index (χ4n) is 3.94. The monoisotopic (exact) mass is 519 g/mol. The van der Waals surface area contributed by atoms with E-state index in [0.717, 1.165) is 17.2 Å². The number of amides is 2. The van der Waals surface area contributed by atoms with E-state index < -0.39 is 24.6 Å². The van der Waals surface area contributed by atoms with Crippen LogP contribution in [0.15, 0.2) is 80.5 Å². The topological polar surface area (TPSA) is 122 Å². The number of sulfone groups is 2. The summed E-state index contributed by atoms with van der Waals surface area (Å²) in [6.07, 6.45) is 2.53. The summed E-state index contributed by atoms with van der Waals surface area (Å²) < 4.78 is 53.6. The average Bonchev–Trinajstić information content (AvgIpc) is 3.21. The van der Waals surface area contributed by atoms with Crippen LogP contribution in [0, 0.1) is 0 Å². The second-order valence-electron chi connectivity index (χ2n) is 7.72. The SMILES string of the molecule is CCNC(=O)NC1CCc2cc(S(=O)(=O)c3ccc(Cl)cc3S(=O)(=O)c3ccccn3)ccc21. The molecule has 1 aromatic heterocycles. The number of hydrogen-bond acceptors (Lipinski definition) is 6. The molecule has 0 spiro atoms. The Bertz CT molecular complexity index is 1460. The number of carbonyl (C=O) groups excluding carboxylic acids is 1. The molecule has 0 saturated heterocycles. The third-order valence-corrected chi connectivity index (χ3v) is 9.43. The zero-order chi connectivity index (χ0) is 24.5. The maximum atomic E-state index is 13.6. The Morgan fingerprint density at radius 2 is 1.82 bits per heavy atom. The van der Waals surface area contributed by atoms with Crippen LogP contribution >= 0.6 is 11.6 Å². The molecule has 2 N–H and O–H groups in total. The second kappa shape index (κ2) is 9.36. The lowest BCUT2D eigenvalue weighted by molar-refractivity contribution is 0.237. The molecule has 2 amide bonds. The summed E-state index contributed by atoms with van der Waals surface area (Å²) >= 11 is 6.04. The molecule has 4 rings (SSSR count). The Labute approximate surface area is 203 Å². The van der Waals surface area contributed by atoms with E-state index in [0.29, 0.717) is 19.4 Å². The number of carbonyl (C=O) groups is 1. The maximum Gasteiger partial charge on any atom is 0.315 e. The smallest absolute Gasteiger partial charge is 0.315 e. The molecule has 1 atom stereocenters. The minimum atomic E-state index is -4.25. The van der Waals surface area contributed by atoms with Crippen LogP contribution in [0.2, 0.25) is 5.02 Å². The first kappa shape index (κ1) is 24.2. The zero-order valence-electron chi connectivity index (χ0n) is 18.2. The van der Waals surface area contributed by atoms with Crippen molar-refractivity contribution in [2.75, 3.05) is 6.54 Å².